The Labute approximate surface area is 139 Å². The van der Waals surface area contributed by atoms with Gasteiger partial charge >= 0.3 is 5.97 Å². The number of imidazole rings is 1. The molecule has 0 atom stereocenters. The molecule has 4 rings (SSSR count). The van der Waals surface area contributed by atoms with Gasteiger partial charge in [0, 0.05) is 18.0 Å². The first-order valence-electron chi connectivity index (χ1n) is 7.61. The van der Waals surface area contributed by atoms with Crippen LogP contribution in [0.15, 0.2) is 85.2 Å². The summed E-state index contributed by atoms with van der Waals surface area (Å²) in [6.07, 6.45) is 3.93. The Morgan fingerprint density at radius 3 is 2.38 bits per heavy atom. The van der Waals surface area contributed by atoms with Gasteiger partial charge in [0.05, 0.1) is 11.3 Å². The van der Waals surface area contributed by atoms with E-state index in [1.54, 1.807) is 24.3 Å². The Morgan fingerprint density at radius 2 is 1.62 bits per heavy atom. The van der Waals surface area contributed by atoms with Crippen LogP contribution in [0.25, 0.3) is 16.9 Å². The maximum absolute atomic E-state index is 12.0. The molecule has 0 amide bonds. The molecule has 4 aromatic rings. The van der Waals surface area contributed by atoms with E-state index < -0.39 is 0 Å². The van der Waals surface area contributed by atoms with E-state index >= 15 is 0 Å². The van der Waals surface area contributed by atoms with Gasteiger partial charge in [0.25, 0.3) is 0 Å². The normalized spacial score (nSPS) is 10.7. The molecule has 4 nitrogen and oxygen atoms in total. The lowest BCUT2D eigenvalue weighted by Crippen LogP contribution is -2.07. The first kappa shape index (κ1) is 14.2. The van der Waals surface area contributed by atoms with Crippen molar-refractivity contribution in [3.05, 3.63) is 90.8 Å². The average molecular weight is 314 g/mol. The molecular formula is C20H14N2O2. The summed E-state index contributed by atoms with van der Waals surface area (Å²) in [5.74, 6) is 0.146. The first-order chi connectivity index (χ1) is 11.8. The molecule has 0 fully saturated rings. The SMILES string of the molecule is O=C(Oc1ccc(-c2cn3ccccc3n2)cc1)c1ccccc1. The predicted molar refractivity (Wildman–Crippen MR) is 92.0 cm³/mol. The maximum Gasteiger partial charge on any atom is 0.343 e. The third-order valence-electron chi connectivity index (χ3n) is 3.73. The number of ether oxygens (including phenoxy) is 1. The summed E-state index contributed by atoms with van der Waals surface area (Å²) < 4.78 is 7.36. The van der Waals surface area contributed by atoms with Crippen molar-refractivity contribution in [2.75, 3.05) is 0 Å². The van der Waals surface area contributed by atoms with Crippen molar-refractivity contribution in [3.8, 4) is 17.0 Å². The van der Waals surface area contributed by atoms with Crippen LogP contribution in [-0.4, -0.2) is 15.4 Å². The van der Waals surface area contributed by atoms with Gasteiger partial charge in [-0.2, -0.15) is 0 Å². The number of nitrogens with zero attached hydrogens (tertiary/aromatic N) is 2. The van der Waals surface area contributed by atoms with Crippen LogP contribution in [0.4, 0.5) is 0 Å². The van der Waals surface area contributed by atoms with Crippen LogP contribution in [0.1, 0.15) is 10.4 Å². The quantitative estimate of drug-likeness (QED) is 0.420. The topological polar surface area (TPSA) is 43.6 Å². The number of carbonyl (C=O) groups is 1. The summed E-state index contributed by atoms with van der Waals surface area (Å²) in [5.41, 5.74) is 3.27. The fourth-order valence-electron chi connectivity index (χ4n) is 2.51. The van der Waals surface area contributed by atoms with Crippen LogP contribution in [0, 0.1) is 0 Å². The number of hydrogen-bond donors (Lipinski definition) is 0. The van der Waals surface area contributed by atoms with Crippen molar-refractivity contribution >= 4 is 11.6 Å². The van der Waals surface area contributed by atoms with Crippen LogP contribution in [0.3, 0.4) is 0 Å². The van der Waals surface area contributed by atoms with Gasteiger partial charge in [0.2, 0.25) is 0 Å². The molecule has 2 aromatic heterocycles. The van der Waals surface area contributed by atoms with Crippen molar-refractivity contribution < 1.29 is 9.53 Å². The molecule has 0 unspecified atom stereocenters. The Kier molecular flexibility index (Phi) is 3.56. The highest BCUT2D eigenvalue weighted by atomic mass is 16.5. The standard InChI is InChI=1S/C20H14N2O2/c23-20(16-6-2-1-3-7-16)24-17-11-9-15(10-12-17)18-14-22-13-5-4-8-19(22)21-18/h1-14H. The highest BCUT2D eigenvalue weighted by Gasteiger charge is 2.09. The van der Waals surface area contributed by atoms with Crippen molar-refractivity contribution in [1.82, 2.24) is 9.38 Å². The van der Waals surface area contributed by atoms with Crippen LogP contribution >= 0.6 is 0 Å². The lowest BCUT2D eigenvalue weighted by molar-refractivity contribution is 0.0735. The van der Waals surface area contributed by atoms with Crippen molar-refractivity contribution in [2.45, 2.75) is 0 Å². The van der Waals surface area contributed by atoms with E-state index in [0.717, 1.165) is 16.9 Å². The minimum Gasteiger partial charge on any atom is -0.423 e. The van der Waals surface area contributed by atoms with Gasteiger partial charge in [-0.3, -0.25) is 0 Å². The highest BCUT2D eigenvalue weighted by molar-refractivity contribution is 5.91. The fourth-order valence-corrected chi connectivity index (χ4v) is 2.51. The lowest BCUT2D eigenvalue weighted by Gasteiger charge is -2.04. The molecule has 0 aliphatic heterocycles. The van der Waals surface area contributed by atoms with Crippen LogP contribution in [0.2, 0.25) is 0 Å². The van der Waals surface area contributed by atoms with Crippen molar-refractivity contribution in [2.24, 2.45) is 0 Å². The molecule has 0 radical (unpaired) electrons. The zero-order chi connectivity index (χ0) is 16.4. The Bertz CT molecular complexity index is 956. The van der Waals surface area contributed by atoms with Gasteiger partial charge in [0.1, 0.15) is 11.4 Å². The molecule has 116 valence electrons. The lowest BCUT2D eigenvalue weighted by atomic mass is 10.1. The van der Waals surface area contributed by atoms with Gasteiger partial charge in [-0.15, -0.1) is 0 Å². The molecule has 2 aromatic carbocycles. The van der Waals surface area contributed by atoms with E-state index in [0.29, 0.717) is 11.3 Å². The number of esters is 1. The number of rotatable bonds is 3. The Hall–Kier alpha value is -3.40. The first-order valence-corrected chi connectivity index (χ1v) is 7.61. The number of benzene rings is 2. The van der Waals surface area contributed by atoms with Gasteiger partial charge in [-0.25, -0.2) is 9.78 Å². The van der Waals surface area contributed by atoms with E-state index in [-0.39, 0.29) is 5.97 Å². The third kappa shape index (κ3) is 2.77. The molecule has 0 N–H and O–H groups in total. The highest BCUT2D eigenvalue weighted by Crippen LogP contribution is 2.22. The van der Waals surface area contributed by atoms with Crippen LogP contribution < -0.4 is 4.74 Å². The smallest absolute Gasteiger partial charge is 0.343 e. The molecule has 24 heavy (non-hydrogen) atoms. The molecule has 0 aliphatic carbocycles. The Balaban J connectivity index is 1.55. The minimum absolute atomic E-state index is 0.365. The van der Waals surface area contributed by atoms with Gasteiger partial charge < -0.3 is 9.14 Å². The van der Waals surface area contributed by atoms with E-state index in [1.807, 2.05) is 65.3 Å². The summed E-state index contributed by atoms with van der Waals surface area (Å²) in [5, 5.41) is 0. The minimum atomic E-state index is -0.365. The van der Waals surface area contributed by atoms with E-state index in [1.165, 1.54) is 0 Å². The van der Waals surface area contributed by atoms with Crippen molar-refractivity contribution in [3.63, 3.8) is 0 Å². The summed E-state index contributed by atoms with van der Waals surface area (Å²) in [4.78, 5) is 16.6. The summed E-state index contributed by atoms with van der Waals surface area (Å²) >= 11 is 0. The molecule has 4 heteroatoms. The molecule has 0 saturated heterocycles. The van der Waals surface area contributed by atoms with E-state index in [9.17, 15) is 4.79 Å². The number of hydrogen-bond acceptors (Lipinski definition) is 3. The summed E-state index contributed by atoms with van der Waals surface area (Å²) in [7, 11) is 0. The molecule has 2 heterocycles. The van der Waals surface area contributed by atoms with Crippen LogP contribution in [-0.2, 0) is 0 Å². The molecule has 0 saturated carbocycles. The third-order valence-corrected chi connectivity index (χ3v) is 3.73. The Morgan fingerprint density at radius 1 is 0.875 bits per heavy atom. The second-order valence-electron chi connectivity index (χ2n) is 5.37. The molecule has 0 aliphatic rings. The van der Waals surface area contributed by atoms with Gasteiger partial charge in [0.15, 0.2) is 0 Å². The number of fused-ring (bicyclic) bond motifs is 1. The van der Waals surface area contributed by atoms with Gasteiger partial charge in [-0.05, 0) is 48.5 Å². The monoisotopic (exact) mass is 314 g/mol. The summed E-state index contributed by atoms with van der Waals surface area (Å²) in [6, 6.07) is 22.2. The maximum atomic E-state index is 12.0. The summed E-state index contributed by atoms with van der Waals surface area (Å²) in [6.45, 7) is 0. The van der Waals surface area contributed by atoms with E-state index in [2.05, 4.69) is 4.98 Å². The molecular weight excluding hydrogens is 300 g/mol. The largest absolute Gasteiger partial charge is 0.423 e. The van der Waals surface area contributed by atoms with E-state index in [4.69, 9.17) is 4.74 Å². The van der Waals surface area contributed by atoms with Crippen LogP contribution in [0.5, 0.6) is 5.75 Å². The second-order valence-corrected chi connectivity index (χ2v) is 5.37. The predicted octanol–water partition coefficient (Wildman–Crippen LogP) is 4.22. The zero-order valence-electron chi connectivity index (χ0n) is 12.8. The number of carbonyl (C=O) groups excluding carboxylic acids is 1. The van der Waals surface area contributed by atoms with Crippen molar-refractivity contribution in [1.29, 1.82) is 0 Å². The van der Waals surface area contributed by atoms with Gasteiger partial charge in [-0.1, -0.05) is 24.3 Å². The number of aromatic nitrogens is 2. The molecule has 0 bridgehead atoms. The zero-order valence-corrected chi connectivity index (χ0v) is 12.8. The number of pyridine rings is 1. The fraction of sp³-hybridized carbons (Fsp3) is 0. The average Bonchev–Trinajstić information content (AvgIpc) is 3.07. The second kappa shape index (κ2) is 6.01. The molecule has 0 spiro atoms.